The van der Waals surface area contributed by atoms with Crippen LogP contribution in [0.2, 0.25) is 0 Å². The Hall–Kier alpha value is -1.96. The molecule has 0 unspecified atom stereocenters. The average Bonchev–Trinajstić information content (AvgIpc) is 2.97. The molecule has 1 saturated heterocycles. The minimum Gasteiger partial charge on any atom is -0.339 e. The van der Waals surface area contributed by atoms with Gasteiger partial charge in [-0.05, 0) is 0 Å². The van der Waals surface area contributed by atoms with Crippen LogP contribution in [-0.4, -0.2) is 58.7 Å². The van der Waals surface area contributed by atoms with E-state index in [0.717, 1.165) is 0 Å². The number of carbonyl (C=O) groups is 3. The number of nitrogens with zero attached hydrogens (tertiary/aromatic N) is 3. The summed E-state index contributed by atoms with van der Waals surface area (Å²) in [5.41, 5.74) is 0. The Morgan fingerprint density at radius 1 is 1.19 bits per heavy atom. The van der Waals surface area contributed by atoms with Crippen molar-refractivity contribution in [1.29, 1.82) is 0 Å². The topological polar surface area (TPSA) is 82.6 Å². The molecule has 0 bridgehead atoms. The first-order valence-corrected chi connectivity index (χ1v) is 7.67. The van der Waals surface area contributed by atoms with Crippen LogP contribution in [0.4, 0.5) is 5.13 Å². The predicted molar refractivity (Wildman–Crippen MR) is 78.8 cm³/mol. The van der Waals surface area contributed by atoms with Crippen LogP contribution >= 0.6 is 11.3 Å². The minimum absolute atomic E-state index is 0.0323. The summed E-state index contributed by atoms with van der Waals surface area (Å²) in [5.74, 6) is -0.224. The fourth-order valence-electron chi connectivity index (χ4n) is 2.12. The third kappa shape index (κ3) is 4.52. The van der Waals surface area contributed by atoms with Gasteiger partial charge in [-0.25, -0.2) is 4.98 Å². The molecule has 0 aliphatic carbocycles. The number of anilines is 1. The third-order valence-corrected chi connectivity index (χ3v) is 4.01. The van der Waals surface area contributed by atoms with E-state index >= 15 is 0 Å². The van der Waals surface area contributed by atoms with E-state index in [4.69, 9.17) is 0 Å². The van der Waals surface area contributed by atoms with Crippen LogP contribution in [0.5, 0.6) is 0 Å². The number of hydrogen-bond donors (Lipinski definition) is 1. The molecule has 0 spiro atoms. The highest BCUT2D eigenvalue weighted by Crippen LogP contribution is 2.11. The van der Waals surface area contributed by atoms with E-state index in [1.165, 1.54) is 18.3 Å². The van der Waals surface area contributed by atoms with Crippen LogP contribution in [-0.2, 0) is 14.4 Å². The van der Waals surface area contributed by atoms with Gasteiger partial charge in [0.1, 0.15) is 0 Å². The molecule has 1 aliphatic heterocycles. The molecule has 114 valence electrons. The molecule has 1 fully saturated rings. The maximum Gasteiger partial charge on any atom is 0.226 e. The molecule has 0 saturated carbocycles. The van der Waals surface area contributed by atoms with Gasteiger partial charge >= 0.3 is 0 Å². The molecule has 2 rings (SSSR count). The Morgan fingerprint density at radius 3 is 2.43 bits per heavy atom. The zero-order chi connectivity index (χ0) is 15.2. The Bertz CT molecular complexity index is 509. The van der Waals surface area contributed by atoms with E-state index in [1.54, 1.807) is 21.4 Å². The molecule has 0 radical (unpaired) electrons. The molecule has 21 heavy (non-hydrogen) atoms. The Balaban J connectivity index is 1.70. The van der Waals surface area contributed by atoms with Crippen molar-refractivity contribution in [3.63, 3.8) is 0 Å². The molecule has 7 nitrogen and oxygen atoms in total. The van der Waals surface area contributed by atoms with E-state index in [9.17, 15) is 14.4 Å². The molecule has 2 heterocycles. The molecule has 0 atom stereocenters. The van der Waals surface area contributed by atoms with Gasteiger partial charge in [-0.2, -0.15) is 0 Å². The van der Waals surface area contributed by atoms with Gasteiger partial charge in [-0.3, -0.25) is 14.4 Å². The lowest BCUT2D eigenvalue weighted by Crippen LogP contribution is -2.50. The maximum atomic E-state index is 12.0. The van der Waals surface area contributed by atoms with Gasteiger partial charge in [0, 0.05) is 57.5 Å². The van der Waals surface area contributed by atoms with Crippen LogP contribution in [0.15, 0.2) is 11.6 Å². The molecule has 8 heteroatoms. The van der Waals surface area contributed by atoms with Gasteiger partial charge < -0.3 is 15.1 Å². The molecule has 0 aromatic carbocycles. The second kappa shape index (κ2) is 7.16. The first-order chi connectivity index (χ1) is 10.1. The van der Waals surface area contributed by atoms with E-state index in [1.807, 2.05) is 0 Å². The largest absolute Gasteiger partial charge is 0.339 e. The molecule has 1 N–H and O–H groups in total. The van der Waals surface area contributed by atoms with Crippen molar-refractivity contribution in [2.45, 2.75) is 19.8 Å². The molecular formula is C13H18N4O3S. The number of carbonyl (C=O) groups excluding carboxylic acids is 3. The van der Waals surface area contributed by atoms with Gasteiger partial charge in [0.05, 0.1) is 0 Å². The third-order valence-electron chi connectivity index (χ3n) is 3.32. The van der Waals surface area contributed by atoms with Gasteiger partial charge in [-0.15, -0.1) is 11.3 Å². The first kappa shape index (κ1) is 15.4. The summed E-state index contributed by atoms with van der Waals surface area (Å²) >= 11 is 1.34. The minimum atomic E-state index is -0.208. The van der Waals surface area contributed by atoms with Crippen molar-refractivity contribution < 1.29 is 14.4 Å². The zero-order valence-electron chi connectivity index (χ0n) is 11.9. The smallest absolute Gasteiger partial charge is 0.226 e. The predicted octanol–water partition coefficient (Wildman–Crippen LogP) is 0.552. The van der Waals surface area contributed by atoms with Gasteiger partial charge in [0.25, 0.3) is 0 Å². The monoisotopic (exact) mass is 310 g/mol. The standard InChI is InChI=1S/C13H18N4O3S/c1-10(18)16-5-7-17(8-6-16)12(20)3-2-11(19)15-13-14-4-9-21-13/h4,9H,2-3,5-8H2,1H3,(H,14,15,19). The summed E-state index contributed by atoms with van der Waals surface area (Å²) in [6, 6.07) is 0. The van der Waals surface area contributed by atoms with Crippen LogP contribution in [0, 0.1) is 0 Å². The van der Waals surface area contributed by atoms with Crippen molar-refractivity contribution in [3.8, 4) is 0 Å². The number of piperazine rings is 1. The van der Waals surface area contributed by atoms with Crippen molar-refractivity contribution in [2.75, 3.05) is 31.5 Å². The highest BCUT2D eigenvalue weighted by atomic mass is 32.1. The fourth-order valence-corrected chi connectivity index (χ4v) is 2.66. The first-order valence-electron chi connectivity index (χ1n) is 6.79. The van der Waals surface area contributed by atoms with Crippen LogP contribution in [0.25, 0.3) is 0 Å². The Kier molecular flexibility index (Phi) is 5.26. The second-order valence-electron chi connectivity index (χ2n) is 4.77. The SMILES string of the molecule is CC(=O)N1CCN(C(=O)CCC(=O)Nc2nccs2)CC1. The average molecular weight is 310 g/mol. The molecular weight excluding hydrogens is 292 g/mol. The second-order valence-corrected chi connectivity index (χ2v) is 5.67. The van der Waals surface area contributed by atoms with Crippen molar-refractivity contribution in [1.82, 2.24) is 14.8 Å². The molecule has 1 aromatic rings. The van der Waals surface area contributed by atoms with Crippen molar-refractivity contribution in [2.24, 2.45) is 0 Å². The number of rotatable bonds is 4. The van der Waals surface area contributed by atoms with E-state index in [0.29, 0.717) is 31.3 Å². The summed E-state index contributed by atoms with van der Waals surface area (Å²) < 4.78 is 0. The number of aromatic nitrogens is 1. The summed E-state index contributed by atoms with van der Waals surface area (Å²) in [6.45, 7) is 3.72. The van der Waals surface area contributed by atoms with E-state index < -0.39 is 0 Å². The highest BCUT2D eigenvalue weighted by Gasteiger charge is 2.22. The van der Waals surface area contributed by atoms with Crippen LogP contribution in [0.1, 0.15) is 19.8 Å². The summed E-state index contributed by atoms with van der Waals surface area (Å²) in [4.78, 5) is 42.3. The lowest BCUT2D eigenvalue weighted by atomic mass is 10.2. The lowest BCUT2D eigenvalue weighted by molar-refractivity contribution is -0.138. The number of amides is 3. The summed E-state index contributed by atoms with van der Waals surface area (Å²) in [5, 5.41) is 4.96. The highest BCUT2D eigenvalue weighted by molar-refractivity contribution is 7.13. The maximum absolute atomic E-state index is 12.0. The fraction of sp³-hybridized carbons (Fsp3) is 0.538. The number of thiazole rings is 1. The molecule has 1 aromatic heterocycles. The Morgan fingerprint density at radius 2 is 1.86 bits per heavy atom. The summed E-state index contributed by atoms with van der Waals surface area (Å²) in [6.07, 6.45) is 1.93. The number of nitrogens with one attached hydrogen (secondary N) is 1. The quantitative estimate of drug-likeness (QED) is 0.880. The van der Waals surface area contributed by atoms with Gasteiger partial charge in [0.15, 0.2) is 5.13 Å². The number of hydrogen-bond acceptors (Lipinski definition) is 5. The van der Waals surface area contributed by atoms with Gasteiger partial charge in [-0.1, -0.05) is 0 Å². The normalized spacial score (nSPS) is 14.9. The van der Waals surface area contributed by atoms with Crippen LogP contribution < -0.4 is 5.32 Å². The molecule has 1 aliphatic rings. The van der Waals surface area contributed by atoms with E-state index in [-0.39, 0.29) is 30.6 Å². The Labute approximate surface area is 126 Å². The summed E-state index contributed by atoms with van der Waals surface area (Å²) in [7, 11) is 0. The zero-order valence-corrected chi connectivity index (χ0v) is 12.7. The molecule has 3 amide bonds. The van der Waals surface area contributed by atoms with Crippen LogP contribution in [0.3, 0.4) is 0 Å². The van der Waals surface area contributed by atoms with Crippen molar-refractivity contribution >= 4 is 34.2 Å². The van der Waals surface area contributed by atoms with Gasteiger partial charge in [0.2, 0.25) is 17.7 Å². The van der Waals surface area contributed by atoms with E-state index in [2.05, 4.69) is 10.3 Å². The van der Waals surface area contributed by atoms with Crippen molar-refractivity contribution in [3.05, 3.63) is 11.6 Å². The lowest BCUT2D eigenvalue weighted by Gasteiger charge is -2.34.